The molecule has 1 saturated heterocycles. The van der Waals surface area contributed by atoms with E-state index < -0.39 is 30.9 Å². The fourth-order valence-electron chi connectivity index (χ4n) is 10.5. The molecular formula is C34H58O6. The van der Waals surface area contributed by atoms with Crippen LogP contribution in [0, 0.1) is 52.3 Å². The molecule has 4 unspecified atom stereocenters. The molecule has 6 nitrogen and oxygen atoms in total. The summed E-state index contributed by atoms with van der Waals surface area (Å²) < 4.78 is 11.4. The lowest BCUT2D eigenvalue weighted by Crippen LogP contribution is -2.59. The molecule has 0 aromatic carbocycles. The average molecular weight is 563 g/mol. The van der Waals surface area contributed by atoms with E-state index in [-0.39, 0.29) is 11.5 Å². The molecule has 40 heavy (non-hydrogen) atoms. The van der Waals surface area contributed by atoms with Gasteiger partial charge < -0.3 is 29.9 Å². The molecular weight excluding hydrogens is 504 g/mol. The third kappa shape index (κ3) is 5.36. The highest BCUT2D eigenvalue weighted by Gasteiger charge is 2.59. The van der Waals surface area contributed by atoms with Crippen LogP contribution in [0.1, 0.15) is 112 Å². The van der Waals surface area contributed by atoms with E-state index in [2.05, 4.69) is 47.6 Å². The Kier molecular flexibility index (Phi) is 9.19. The van der Waals surface area contributed by atoms with E-state index in [0.29, 0.717) is 5.41 Å². The molecule has 0 radical (unpaired) electrons. The van der Waals surface area contributed by atoms with E-state index in [0.717, 1.165) is 60.7 Å². The van der Waals surface area contributed by atoms with Crippen molar-refractivity contribution >= 4 is 0 Å². The predicted molar refractivity (Wildman–Crippen MR) is 156 cm³/mol. The van der Waals surface area contributed by atoms with Gasteiger partial charge in [-0.2, -0.15) is 0 Å². The summed E-state index contributed by atoms with van der Waals surface area (Å²) in [6, 6.07) is 0. The second kappa shape index (κ2) is 11.9. The van der Waals surface area contributed by atoms with Crippen LogP contribution in [-0.4, -0.2) is 57.4 Å². The number of fused-ring (bicyclic) bond motifs is 5. The van der Waals surface area contributed by atoms with Gasteiger partial charge >= 0.3 is 0 Å². The largest absolute Gasteiger partial charge is 0.387 e. The molecule has 0 aromatic heterocycles. The smallest absolute Gasteiger partial charge is 0.189 e. The minimum absolute atomic E-state index is 0.131. The summed E-state index contributed by atoms with van der Waals surface area (Å²) in [6.07, 6.45) is 8.73. The van der Waals surface area contributed by atoms with Gasteiger partial charge in [0.25, 0.3) is 0 Å². The number of rotatable bonds is 8. The molecule has 3 saturated carbocycles. The number of aliphatic hydroxyl groups is 4. The van der Waals surface area contributed by atoms with Crippen molar-refractivity contribution in [1.29, 1.82) is 0 Å². The topological polar surface area (TPSA) is 99.4 Å². The molecule has 1 heterocycles. The zero-order chi connectivity index (χ0) is 29.0. The molecule has 5 rings (SSSR count). The molecule has 5 aliphatic rings. The molecule has 6 heteroatoms. The van der Waals surface area contributed by atoms with Crippen molar-refractivity contribution in [3.63, 3.8) is 0 Å². The molecule has 230 valence electrons. The third-order valence-electron chi connectivity index (χ3n) is 13.1. The van der Waals surface area contributed by atoms with Crippen molar-refractivity contribution in [2.45, 2.75) is 149 Å². The zero-order valence-electron chi connectivity index (χ0n) is 26.0. The lowest BCUT2D eigenvalue weighted by molar-refractivity contribution is -0.348. The van der Waals surface area contributed by atoms with Crippen molar-refractivity contribution in [1.82, 2.24) is 0 Å². The maximum Gasteiger partial charge on any atom is 0.189 e. The Balaban J connectivity index is 1.24. The van der Waals surface area contributed by atoms with Crippen molar-refractivity contribution in [3.8, 4) is 0 Å². The van der Waals surface area contributed by atoms with Gasteiger partial charge in [-0.25, -0.2) is 0 Å². The lowest BCUT2D eigenvalue weighted by Gasteiger charge is -2.58. The van der Waals surface area contributed by atoms with E-state index >= 15 is 0 Å². The quantitative estimate of drug-likeness (QED) is 0.279. The molecule has 4 fully saturated rings. The first-order valence-electron chi connectivity index (χ1n) is 16.6. The van der Waals surface area contributed by atoms with E-state index in [9.17, 15) is 20.4 Å². The van der Waals surface area contributed by atoms with Crippen LogP contribution in [-0.2, 0) is 9.47 Å². The van der Waals surface area contributed by atoms with Crippen molar-refractivity contribution < 1.29 is 29.9 Å². The number of ether oxygens (including phenoxy) is 2. The van der Waals surface area contributed by atoms with Gasteiger partial charge in [-0.15, -0.1) is 0 Å². The summed E-state index contributed by atoms with van der Waals surface area (Å²) in [4.78, 5) is 0. The van der Waals surface area contributed by atoms with Crippen LogP contribution in [0.5, 0.6) is 0 Å². The van der Waals surface area contributed by atoms with Gasteiger partial charge in [-0.1, -0.05) is 66.0 Å². The monoisotopic (exact) mass is 562 g/mol. The molecule has 4 aliphatic carbocycles. The first kappa shape index (κ1) is 30.9. The molecule has 14 atom stereocenters. The van der Waals surface area contributed by atoms with Crippen LogP contribution < -0.4 is 0 Å². The minimum Gasteiger partial charge on any atom is -0.387 e. The second-order valence-corrected chi connectivity index (χ2v) is 15.3. The predicted octanol–water partition coefficient (Wildman–Crippen LogP) is 5.81. The van der Waals surface area contributed by atoms with E-state index in [1.165, 1.54) is 56.9 Å². The highest BCUT2D eigenvalue weighted by atomic mass is 16.7. The molecule has 0 aromatic rings. The maximum absolute atomic E-state index is 10.4. The third-order valence-corrected chi connectivity index (χ3v) is 13.1. The SMILES string of the molecule is CCC(CC[C@@H](C)[C@H]1CCC2C3CC=C4C[C@@H](O[C@@H]5O[C@H](O)[C@@H](O)[C@H](O)[C@H]5O)CC[C@]4(C)C3CC[C@@]21C)C(C)C. The normalized spacial score (nSPS) is 48.6. The second-order valence-electron chi connectivity index (χ2n) is 15.3. The van der Waals surface area contributed by atoms with Gasteiger partial charge in [0.2, 0.25) is 0 Å². The first-order valence-corrected chi connectivity index (χ1v) is 16.6. The summed E-state index contributed by atoms with van der Waals surface area (Å²) in [6.45, 7) is 14.9. The van der Waals surface area contributed by atoms with E-state index in [1.54, 1.807) is 0 Å². The number of hydrogen-bond acceptors (Lipinski definition) is 6. The Labute approximate surface area is 242 Å². The lowest BCUT2D eigenvalue weighted by atomic mass is 9.47. The fraction of sp³-hybridized carbons (Fsp3) is 0.941. The van der Waals surface area contributed by atoms with Crippen LogP contribution in [0.3, 0.4) is 0 Å². The van der Waals surface area contributed by atoms with Gasteiger partial charge in [0.15, 0.2) is 12.6 Å². The Hall–Kier alpha value is -0.500. The van der Waals surface area contributed by atoms with E-state index in [1.807, 2.05) is 0 Å². The first-order chi connectivity index (χ1) is 18.9. The van der Waals surface area contributed by atoms with Crippen molar-refractivity contribution in [2.75, 3.05) is 0 Å². The minimum atomic E-state index is -1.57. The van der Waals surface area contributed by atoms with Gasteiger partial charge in [0, 0.05) is 0 Å². The summed E-state index contributed by atoms with van der Waals surface area (Å²) in [7, 11) is 0. The van der Waals surface area contributed by atoms with Gasteiger partial charge in [0.1, 0.15) is 18.3 Å². The van der Waals surface area contributed by atoms with Gasteiger partial charge in [-0.05, 0) is 110 Å². The Morgan fingerprint density at radius 3 is 2.38 bits per heavy atom. The molecule has 4 N–H and O–H groups in total. The van der Waals surface area contributed by atoms with Crippen LogP contribution in [0.25, 0.3) is 0 Å². The molecule has 0 bridgehead atoms. The zero-order valence-corrected chi connectivity index (χ0v) is 26.0. The van der Waals surface area contributed by atoms with Crippen LogP contribution in [0.4, 0.5) is 0 Å². The van der Waals surface area contributed by atoms with Crippen LogP contribution in [0.2, 0.25) is 0 Å². The highest BCUT2D eigenvalue weighted by molar-refractivity contribution is 5.25. The van der Waals surface area contributed by atoms with Crippen molar-refractivity contribution in [2.24, 2.45) is 52.3 Å². The molecule has 1 aliphatic heterocycles. The van der Waals surface area contributed by atoms with Crippen LogP contribution in [0.15, 0.2) is 11.6 Å². The van der Waals surface area contributed by atoms with Crippen LogP contribution >= 0.6 is 0 Å². The molecule has 0 amide bonds. The Bertz CT molecular complexity index is 905. The summed E-state index contributed by atoms with van der Waals surface area (Å²) >= 11 is 0. The fourth-order valence-corrected chi connectivity index (χ4v) is 10.5. The molecule has 0 spiro atoms. The summed E-state index contributed by atoms with van der Waals surface area (Å²) in [5.74, 6) is 5.64. The van der Waals surface area contributed by atoms with Gasteiger partial charge in [-0.3, -0.25) is 0 Å². The van der Waals surface area contributed by atoms with E-state index in [4.69, 9.17) is 9.47 Å². The summed E-state index contributed by atoms with van der Waals surface area (Å²) in [5, 5.41) is 40.2. The van der Waals surface area contributed by atoms with Gasteiger partial charge in [0.05, 0.1) is 6.10 Å². The highest BCUT2D eigenvalue weighted by Crippen LogP contribution is 2.67. The number of allylic oxidation sites excluding steroid dienone is 1. The number of aliphatic hydroxyl groups excluding tert-OH is 4. The average Bonchev–Trinajstić information content (AvgIpc) is 3.28. The standard InChI is InChI=1S/C34H58O6/c1-7-21(19(2)3)9-8-20(4)25-12-13-26-24-11-10-22-18-23(39-32-30(37)28(35)29(36)31(38)40-32)14-16-33(22,5)27(24)15-17-34(25,26)6/h10,19-21,23-32,35-38H,7-9,11-18H2,1-6H3/t20-,21?,23+,24?,25-,26?,27?,28+,29+,30-,31+,32-,33+,34-/m1/s1. The maximum atomic E-state index is 10.4. The van der Waals surface area contributed by atoms with Crippen molar-refractivity contribution in [3.05, 3.63) is 11.6 Å². The number of hydrogen-bond donors (Lipinski definition) is 4. The Morgan fingerprint density at radius 1 is 0.925 bits per heavy atom. The summed E-state index contributed by atoms with van der Waals surface area (Å²) in [5.41, 5.74) is 2.16. The Morgan fingerprint density at radius 2 is 1.68 bits per heavy atom.